The monoisotopic (exact) mass is 260 g/mol. The summed E-state index contributed by atoms with van der Waals surface area (Å²) in [4.78, 5) is 5.62. The van der Waals surface area contributed by atoms with E-state index >= 15 is 0 Å². The van der Waals surface area contributed by atoms with E-state index in [1.54, 1.807) is 11.3 Å². The molecule has 92 valence electrons. The van der Waals surface area contributed by atoms with Gasteiger partial charge in [0.2, 0.25) is 0 Å². The van der Waals surface area contributed by atoms with E-state index in [1.165, 1.54) is 10.6 Å². The maximum atomic E-state index is 8.60. The van der Waals surface area contributed by atoms with E-state index in [2.05, 4.69) is 17.2 Å². The minimum atomic E-state index is 0.311. The van der Waals surface area contributed by atoms with Crippen LogP contribution in [0.5, 0.6) is 0 Å². The van der Waals surface area contributed by atoms with E-state index in [0.29, 0.717) is 6.61 Å². The van der Waals surface area contributed by atoms with Crippen LogP contribution in [0.2, 0.25) is 0 Å². The lowest BCUT2D eigenvalue weighted by molar-refractivity contribution is 0.296. The maximum Gasteiger partial charge on any atom is 0.0797 e. The van der Waals surface area contributed by atoms with Crippen LogP contribution in [-0.4, -0.2) is 41.3 Å². The van der Waals surface area contributed by atoms with E-state index in [1.807, 2.05) is 17.3 Å². The lowest BCUT2D eigenvalue weighted by Crippen LogP contribution is -2.20. The molecule has 0 aliphatic carbocycles. The number of aromatic nitrogens is 1. The van der Waals surface area contributed by atoms with Crippen LogP contribution in [0, 0.1) is 6.92 Å². The fourth-order valence-corrected chi connectivity index (χ4v) is 2.91. The lowest BCUT2D eigenvalue weighted by atomic mass is 10.3. The first-order valence-electron chi connectivity index (χ1n) is 5.63. The first-order valence-corrected chi connectivity index (χ1v) is 7.66. The number of aryl methyl sites for hydroxylation is 1. The summed E-state index contributed by atoms with van der Waals surface area (Å²) in [7, 11) is 0. The zero-order chi connectivity index (χ0) is 11.6. The quantitative estimate of drug-likeness (QED) is 0.663. The summed E-state index contributed by atoms with van der Waals surface area (Å²) in [6, 6.07) is 0. The fourth-order valence-electron chi connectivity index (χ4n) is 1.31. The number of hydrogen-bond acceptors (Lipinski definition) is 5. The predicted octanol–water partition coefficient (Wildman–Crippen LogP) is 1.70. The van der Waals surface area contributed by atoms with E-state index in [-0.39, 0.29) is 0 Å². The summed E-state index contributed by atoms with van der Waals surface area (Å²) in [6.45, 7) is 4.46. The van der Waals surface area contributed by atoms with Crippen LogP contribution >= 0.6 is 23.1 Å². The van der Waals surface area contributed by atoms with Crippen molar-refractivity contribution in [1.29, 1.82) is 0 Å². The van der Waals surface area contributed by atoms with Gasteiger partial charge in [0.15, 0.2) is 0 Å². The van der Waals surface area contributed by atoms with Crippen molar-refractivity contribution in [3.8, 4) is 0 Å². The van der Waals surface area contributed by atoms with Crippen LogP contribution in [0.3, 0.4) is 0 Å². The minimum Gasteiger partial charge on any atom is -0.396 e. The number of aliphatic hydroxyl groups is 1. The highest BCUT2D eigenvalue weighted by Crippen LogP contribution is 2.11. The molecule has 1 aromatic rings. The summed E-state index contributed by atoms with van der Waals surface area (Å²) in [5, 5.41) is 12.0. The molecule has 1 rings (SSSR count). The number of nitrogens with one attached hydrogen (secondary N) is 1. The Morgan fingerprint density at radius 3 is 3.00 bits per heavy atom. The fraction of sp³-hybridized carbons (Fsp3) is 0.727. The Hall–Kier alpha value is -0.100. The third kappa shape index (κ3) is 5.84. The van der Waals surface area contributed by atoms with Crippen molar-refractivity contribution in [2.45, 2.75) is 19.8 Å². The van der Waals surface area contributed by atoms with Crippen molar-refractivity contribution in [1.82, 2.24) is 10.3 Å². The van der Waals surface area contributed by atoms with Crippen LogP contribution in [0.15, 0.2) is 5.51 Å². The van der Waals surface area contributed by atoms with Crippen molar-refractivity contribution >= 4 is 23.1 Å². The maximum absolute atomic E-state index is 8.60. The second-order valence-electron chi connectivity index (χ2n) is 3.55. The van der Waals surface area contributed by atoms with E-state index in [0.717, 1.165) is 37.4 Å². The predicted molar refractivity (Wildman–Crippen MR) is 72.5 cm³/mol. The van der Waals surface area contributed by atoms with Crippen LogP contribution in [-0.2, 0) is 6.42 Å². The molecule has 0 aliphatic rings. The van der Waals surface area contributed by atoms with Crippen molar-refractivity contribution in [2.24, 2.45) is 0 Å². The number of thiazole rings is 1. The van der Waals surface area contributed by atoms with Gasteiger partial charge in [-0.3, -0.25) is 0 Å². The zero-order valence-electron chi connectivity index (χ0n) is 9.74. The van der Waals surface area contributed by atoms with Gasteiger partial charge in [-0.1, -0.05) is 0 Å². The Morgan fingerprint density at radius 2 is 2.31 bits per heavy atom. The van der Waals surface area contributed by atoms with Gasteiger partial charge in [-0.05, 0) is 25.5 Å². The van der Waals surface area contributed by atoms with Crippen molar-refractivity contribution in [3.63, 3.8) is 0 Å². The van der Waals surface area contributed by atoms with E-state index in [4.69, 9.17) is 5.11 Å². The first-order chi connectivity index (χ1) is 7.84. The molecular formula is C11H20N2OS2. The van der Waals surface area contributed by atoms with Crippen molar-refractivity contribution < 1.29 is 5.11 Å². The second-order valence-corrected chi connectivity index (χ2v) is 5.71. The van der Waals surface area contributed by atoms with Gasteiger partial charge in [0, 0.05) is 30.3 Å². The van der Waals surface area contributed by atoms with Crippen LogP contribution in [0.4, 0.5) is 0 Å². The van der Waals surface area contributed by atoms with Crippen LogP contribution in [0.1, 0.15) is 17.0 Å². The Morgan fingerprint density at radius 1 is 1.44 bits per heavy atom. The van der Waals surface area contributed by atoms with Gasteiger partial charge >= 0.3 is 0 Å². The molecule has 0 amide bonds. The molecule has 0 saturated heterocycles. The standard InChI is InChI=1S/C11H20N2OS2/c1-10-11(16-9-13-10)3-4-12-5-8-15-7-2-6-14/h9,12,14H,2-8H2,1H3. The van der Waals surface area contributed by atoms with Gasteiger partial charge in [0.25, 0.3) is 0 Å². The SMILES string of the molecule is Cc1ncsc1CCNCCSCCCO. The Bertz CT molecular complexity index is 279. The molecule has 0 bridgehead atoms. The molecule has 0 aromatic carbocycles. The molecule has 0 radical (unpaired) electrons. The van der Waals surface area contributed by atoms with E-state index in [9.17, 15) is 0 Å². The minimum absolute atomic E-state index is 0.311. The van der Waals surface area contributed by atoms with Gasteiger partial charge in [0.1, 0.15) is 0 Å². The van der Waals surface area contributed by atoms with Crippen molar-refractivity contribution in [3.05, 3.63) is 16.1 Å². The number of nitrogens with zero attached hydrogens (tertiary/aromatic N) is 1. The van der Waals surface area contributed by atoms with Gasteiger partial charge in [-0.25, -0.2) is 4.98 Å². The number of thioether (sulfide) groups is 1. The number of aliphatic hydroxyl groups excluding tert-OH is 1. The molecule has 1 aromatic heterocycles. The molecule has 0 unspecified atom stereocenters. The first kappa shape index (κ1) is 14.0. The molecule has 1 heterocycles. The zero-order valence-corrected chi connectivity index (χ0v) is 11.4. The average Bonchev–Trinajstić information content (AvgIpc) is 2.68. The smallest absolute Gasteiger partial charge is 0.0797 e. The molecule has 16 heavy (non-hydrogen) atoms. The molecule has 0 atom stereocenters. The van der Waals surface area contributed by atoms with Crippen LogP contribution in [0.25, 0.3) is 0 Å². The Labute approximate surface area is 106 Å². The molecule has 2 N–H and O–H groups in total. The number of hydrogen-bond donors (Lipinski definition) is 2. The molecular weight excluding hydrogens is 240 g/mol. The molecule has 0 spiro atoms. The largest absolute Gasteiger partial charge is 0.396 e. The van der Waals surface area contributed by atoms with E-state index < -0.39 is 0 Å². The highest BCUT2D eigenvalue weighted by atomic mass is 32.2. The second kappa shape index (κ2) is 8.98. The highest BCUT2D eigenvalue weighted by Gasteiger charge is 1.99. The third-order valence-corrected chi connectivity index (χ3v) is 4.31. The molecule has 3 nitrogen and oxygen atoms in total. The summed E-state index contributed by atoms with van der Waals surface area (Å²) in [5.74, 6) is 2.19. The average molecular weight is 260 g/mol. The molecule has 0 saturated carbocycles. The van der Waals surface area contributed by atoms with Gasteiger partial charge in [-0.15, -0.1) is 11.3 Å². The van der Waals surface area contributed by atoms with Gasteiger partial charge in [-0.2, -0.15) is 11.8 Å². The highest BCUT2D eigenvalue weighted by molar-refractivity contribution is 7.99. The van der Waals surface area contributed by atoms with Gasteiger partial charge < -0.3 is 10.4 Å². The third-order valence-electron chi connectivity index (χ3n) is 2.24. The Balaban J connectivity index is 1.91. The normalized spacial score (nSPS) is 10.9. The molecule has 0 fully saturated rings. The summed E-state index contributed by atoms with van der Waals surface area (Å²) >= 11 is 3.64. The number of rotatable bonds is 9. The lowest BCUT2D eigenvalue weighted by Gasteiger charge is -2.03. The van der Waals surface area contributed by atoms with Gasteiger partial charge in [0.05, 0.1) is 11.2 Å². The summed E-state index contributed by atoms with van der Waals surface area (Å²) in [6.07, 6.45) is 1.99. The van der Waals surface area contributed by atoms with Crippen LogP contribution < -0.4 is 5.32 Å². The molecule has 5 heteroatoms. The topological polar surface area (TPSA) is 45.2 Å². The summed E-state index contributed by atoms with van der Waals surface area (Å²) < 4.78 is 0. The Kier molecular flexibility index (Phi) is 7.84. The molecule has 0 aliphatic heterocycles. The summed E-state index contributed by atoms with van der Waals surface area (Å²) in [5.41, 5.74) is 3.08. The van der Waals surface area contributed by atoms with Crippen molar-refractivity contribution in [2.75, 3.05) is 31.2 Å².